The lowest BCUT2D eigenvalue weighted by molar-refractivity contribution is -0.387. The largest absolute Gasteiger partial charge is 0.293 e. The summed E-state index contributed by atoms with van der Waals surface area (Å²) in [4.78, 5) is 10.1. The molecule has 2 aromatic carbocycles. The summed E-state index contributed by atoms with van der Waals surface area (Å²) in [5.74, 6) is 0. The van der Waals surface area contributed by atoms with Crippen molar-refractivity contribution in [3.05, 3.63) is 69.8 Å². The lowest BCUT2D eigenvalue weighted by atomic mass is 10.1. The molecule has 1 aliphatic heterocycles. The van der Waals surface area contributed by atoms with Crippen LogP contribution in [0.5, 0.6) is 0 Å². The van der Waals surface area contributed by atoms with Gasteiger partial charge in [-0.1, -0.05) is 36.4 Å². The molecule has 1 aliphatic rings. The van der Waals surface area contributed by atoms with Gasteiger partial charge in [-0.3, -0.25) is 15.4 Å². The highest BCUT2D eigenvalue weighted by atomic mass is 32.2. The number of hydrogen-bond acceptors (Lipinski definition) is 5. The molecule has 1 unspecified atom stereocenters. The Morgan fingerprint density at radius 3 is 2.52 bits per heavy atom. The van der Waals surface area contributed by atoms with E-state index in [0.29, 0.717) is 12.1 Å². The van der Waals surface area contributed by atoms with E-state index < -0.39 is 25.8 Å². The van der Waals surface area contributed by atoms with E-state index in [1.807, 2.05) is 12.1 Å². The minimum atomic E-state index is -3.88. The highest BCUT2D eigenvalue weighted by Crippen LogP contribution is 2.36. The molecule has 0 aromatic heterocycles. The van der Waals surface area contributed by atoms with Crippen LogP contribution in [0.4, 0.5) is 5.69 Å². The smallest absolute Gasteiger partial charge is 0.288 e. The van der Waals surface area contributed by atoms with Gasteiger partial charge in [0.1, 0.15) is 10.3 Å². The molecule has 1 atom stereocenters. The molecule has 6 nitrogen and oxygen atoms in total. The number of nitro benzene ring substituents is 1. The maximum absolute atomic E-state index is 12.8. The van der Waals surface area contributed by atoms with Crippen molar-refractivity contribution in [3.8, 4) is 0 Å². The van der Waals surface area contributed by atoms with E-state index in [0.717, 1.165) is 5.56 Å². The van der Waals surface area contributed by atoms with E-state index in [4.69, 9.17) is 0 Å². The summed E-state index contributed by atoms with van der Waals surface area (Å²) < 4.78 is 25.5. The third-order valence-electron chi connectivity index (χ3n) is 3.49. The molecule has 0 amide bonds. The molecule has 0 aliphatic carbocycles. The molecule has 0 saturated heterocycles. The van der Waals surface area contributed by atoms with Crippen LogP contribution in [-0.4, -0.2) is 13.3 Å². The summed E-state index contributed by atoms with van der Waals surface area (Å²) in [5, 5.41) is 13.0. The van der Waals surface area contributed by atoms with Gasteiger partial charge in [-0.05, 0) is 17.2 Å². The maximum Gasteiger partial charge on any atom is 0.288 e. The van der Waals surface area contributed by atoms with E-state index in [2.05, 4.69) is 5.32 Å². The number of nitrogens with zero attached hydrogens (tertiary/aromatic N) is 1. The van der Waals surface area contributed by atoms with Crippen LogP contribution in [0.3, 0.4) is 0 Å². The van der Waals surface area contributed by atoms with Crippen LogP contribution >= 0.6 is 0 Å². The summed E-state index contributed by atoms with van der Waals surface area (Å²) in [5.41, 5.74) is 1.14. The molecule has 0 spiro atoms. The van der Waals surface area contributed by atoms with Crippen LogP contribution in [0.1, 0.15) is 16.5 Å². The number of para-hydroxylation sites is 1. The zero-order chi connectivity index (χ0) is 15.0. The van der Waals surface area contributed by atoms with Gasteiger partial charge in [-0.25, -0.2) is 8.42 Å². The average Bonchev–Trinajstić information content (AvgIpc) is 2.92. The number of nitro groups is 1. The van der Waals surface area contributed by atoms with Crippen molar-refractivity contribution in [2.45, 2.75) is 16.8 Å². The molecule has 1 heterocycles. The van der Waals surface area contributed by atoms with Gasteiger partial charge in [0.2, 0.25) is 9.84 Å². The van der Waals surface area contributed by atoms with Crippen LogP contribution in [0.15, 0.2) is 53.4 Å². The Morgan fingerprint density at radius 2 is 1.76 bits per heavy atom. The Kier molecular flexibility index (Phi) is 3.23. The normalized spacial score (nSPS) is 17.4. The first-order chi connectivity index (χ1) is 10.0. The SMILES string of the molecule is O=[N+]([O-])c1ccccc1S(=O)(=O)C1NCc2ccccc21. The maximum atomic E-state index is 12.8. The van der Waals surface area contributed by atoms with Gasteiger partial charge >= 0.3 is 0 Å². The van der Waals surface area contributed by atoms with Crippen LogP contribution in [-0.2, 0) is 16.4 Å². The Balaban J connectivity index is 2.14. The Labute approximate surface area is 121 Å². The molecule has 0 saturated carbocycles. The van der Waals surface area contributed by atoms with Gasteiger partial charge in [0.05, 0.1) is 4.92 Å². The highest BCUT2D eigenvalue weighted by Gasteiger charge is 2.37. The van der Waals surface area contributed by atoms with Gasteiger partial charge in [0, 0.05) is 12.6 Å². The molecular formula is C14H12N2O4S. The third-order valence-corrected chi connectivity index (χ3v) is 5.49. The molecule has 0 radical (unpaired) electrons. The number of benzene rings is 2. The number of sulfone groups is 1. The predicted molar refractivity (Wildman–Crippen MR) is 76.3 cm³/mol. The minimum Gasteiger partial charge on any atom is -0.293 e. The van der Waals surface area contributed by atoms with Crippen molar-refractivity contribution in [2.75, 3.05) is 0 Å². The van der Waals surface area contributed by atoms with Crippen molar-refractivity contribution in [1.82, 2.24) is 5.32 Å². The molecule has 7 heteroatoms. The van der Waals surface area contributed by atoms with Crippen LogP contribution in [0, 0.1) is 10.1 Å². The fourth-order valence-corrected chi connectivity index (χ4v) is 4.34. The van der Waals surface area contributed by atoms with Crippen LogP contribution in [0.2, 0.25) is 0 Å². The average molecular weight is 304 g/mol. The van der Waals surface area contributed by atoms with Gasteiger partial charge in [0.25, 0.3) is 5.69 Å². The second kappa shape index (κ2) is 4.94. The van der Waals surface area contributed by atoms with Gasteiger partial charge in [-0.15, -0.1) is 0 Å². The van der Waals surface area contributed by atoms with Crippen molar-refractivity contribution in [1.29, 1.82) is 0 Å². The van der Waals surface area contributed by atoms with E-state index >= 15 is 0 Å². The van der Waals surface area contributed by atoms with E-state index in [-0.39, 0.29) is 4.90 Å². The Bertz CT molecular complexity index is 817. The summed E-state index contributed by atoms with van der Waals surface area (Å²) in [6.45, 7) is 0.431. The second-order valence-electron chi connectivity index (χ2n) is 4.73. The summed E-state index contributed by atoms with van der Waals surface area (Å²) >= 11 is 0. The molecule has 0 bridgehead atoms. The fourth-order valence-electron chi connectivity index (χ4n) is 2.52. The number of rotatable bonds is 3. The molecule has 3 rings (SSSR count). The molecule has 21 heavy (non-hydrogen) atoms. The van der Waals surface area contributed by atoms with Crippen molar-refractivity contribution in [3.63, 3.8) is 0 Å². The predicted octanol–water partition coefficient (Wildman–Crippen LogP) is 2.17. The lowest BCUT2D eigenvalue weighted by Crippen LogP contribution is -2.23. The lowest BCUT2D eigenvalue weighted by Gasteiger charge is -2.13. The van der Waals surface area contributed by atoms with E-state index in [9.17, 15) is 18.5 Å². The van der Waals surface area contributed by atoms with E-state index in [1.54, 1.807) is 12.1 Å². The fraction of sp³-hybridized carbons (Fsp3) is 0.143. The van der Waals surface area contributed by atoms with Crippen molar-refractivity contribution >= 4 is 15.5 Å². The highest BCUT2D eigenvalue weighted by molar-refractivity contribution is 7.91. The summed E-state index contributed by atoms with van der Waals surface area (Å²) in [6.07, 6.45) is 0. The monoisotopic (exact) mass is 304 g/mol. The van der Waals surface area contributed by atoms with Crippen molar-refractivity contribution < 1.29 is 13.3 Å². The Morgan fingerprint density at radius 1 is 1.10 bits per heavy atom. The molecule has 2 aromatic rings. The topological polar surface area (TPSA) is 89.3 Å². The quantitative estimate of drug-likeness (QED) is 0.693. The standard InChI is InChI=1S/C14H12N2O4S/c17-16(18)12-7-3-4-8-13(12)21(19,20)14-11-6-2-1-5-10(11)9-15-14/h1-8,14-15H,9H2. The second-order valence-corrected chi connectivity index (χ2v) is 6.73. The van der Waals surface area contributed by atoms with Gasteiger partial charge in [0.15, 0.2) is 0 Å². The molecule has 1 N–H and O–H groups in total. The van der Waals surface area contributed by atoms with Crippen LogP contribution in [0.25, 0.3) is 0 Å². The summed E-state index contributed by atoms with van der Waals surface area (Å²) in [6, 6.07) is 12.6. The zero-order valence-electron chi connectivity index (χ0n) is 10.9. The molecule has 108 valence electrons. The third kappa shape index (κ3) is 2.20. The molecular weight excluding hydrogens is 292 g/mol. The van der Waals surface area contributed by atoms with Crippen molar-refractivity contribution in [2.24, 2.45) is 0 Å². The van der Waals surface area contributed by atoms with E-state index in [1.165, 1.54) is 24.3 Å². The number of hydrogen-bond donors (Lipinski definition) is 1. The van der Waals surface area contributed by atoms with Gasteiger partial charge in [-0.2, -0.15) is 0 Å². The number of fused-ring (bicyclic) bond motifs is 1. The first-order valence-electron chi connectivity index (χ1n) is 6.30. The molecule has 0 fully saturated rings. The Hall–Kier alpha value is -2.25. The first kappa shape index (κ1) is 13.7. The zero-order valence-corrected chi connectivity index (χ0v) is 11.7. The minimum absolute atomic E-state index is 0.260. The van der Waals surface area contributed by atoms with Crippen LogP contribution < -0.4 is 5.32 Å². The first-order valence-corrected chi connectivity index (χ1v) is 7.85. The van der Waals surface area contributed by atoms with Gasteiger partial charge < -0.3 is 0 Å². The number of nitrogens with one attached hydrogen (secondary N) is 1. The summed E-state index contributed by atoms with van der Waals surface area (Å²) in [7, 11) is -3.88.